The topological polar surface area (TPSA) is 75.4 Å². The number of alkyl halides is 3. The van der Waals surface area contributed by atoms with Gasteiger partial charge >= 0.3 is 6.18 Å². The minimum absolute atomic E-state index is 0.0221. The van der Waals surface area contributed by atoms with Crippen molar-refractivity contribution in [3.63, 3.8) is 0 Å². The van der Waals surface area contributed by atoms with Gasteiger partial charge in [-0.2, -0.15) is 13.2 Å². The van der Waals surface area contributed by atoms with Gasteiger partial charge in [-0.1, -0.05) is 6.07 Å². The average molecular weight is 361 g/mol. The van der Waals surface area contributed by atoms with E-state index in [2.05, 4.69) is 5.32 Å². The van der Waals surface area contributed by atoms with Crippen LogP contribution in [-0.4, -0.2) is 36.3 Å². The highest BCUT2D eigenvalue weighted by atomic mass is 19.4. The number of nitrogens with two attached hydrogens (primary N) is 1. The van der Waals surface area contributed by atoms with Gasteiger partial charge in [-0.05, 0) is 31.5 Å². The van der Waals surface area contributed by atoms with Gasteiger partial charge in [-0.3, -0.25) is 14.5 Å². The Balaban J connectivity index is 1.92. The molecule has 1 aliphatic rings. The first kappa shape index (κ1) is 19.2. The van der Waals surface area contributed by atoms with Crippen molar-refractivity contribution in [3.8, 4) is 0 Å². The van der Waals surface area contributed by atoms with Gasteiger partial charge in [0.15, 0.2) is 0 Å². The van der Waals surface area contributed by atoms with Crippen molar-refractivity contribution < 1.29 is 27.2 Å². The minimum Gasteiger partial charge on any atom is -0.369 e. The summed E-state index contributed by atoms with van der Waals surface area (Å²) in [5, 5.41) is 2.54. The standard InChI is InChI=1S/C16H19F4N3O2/c17-13-6-12(16(18,19)20)4-3-10(13)7-22-15(25)11-2-1-5-23(8-11)9-14(21)24/h3-4,6,11H,1-2,5,7-9H2,(H2,21,24)(H,22,25)/t11-/m0/s1. The molecular formula is C16H19F4N3O2. The number of nitrogens with zero attached hydrogens (tertiary/aromatic N) is 1. The second-order valence-electron chi connectivity index (χ2n) is 6.06. The molecule has 1 heterocycles. The number of amides is 2. The van der Waals surface area contributed by atoms with E-state index < -0.39 is 23.5 Å². The lowest BCUT2D eigenvalue weighted by Gasteiger charge is -2.31. The van der Waals surface area contributed by atoms with Gasteiger partial charge in [0.1, 0.15) is 5.82 Å². The smallest absolute Gasteiger partial charge is 0.369 e. The van der Waals surface area contributed by atoms with Crippen molar-refractivity contribution in [3.05, 3.63) is 35.1 Å². The molecule has 3 N–H and O–H groups in total. The van der Waals surface area contributed by atoms with Gasteiger partial charge < -0.3 is 11.1 Å². The molecule has 0 aromatic heterocycles. The third-order valence-electron chi connectivity index (χ3n) is 4.09. The molecule has 25 heavy (non-hydrogen) atoms. The number of carbonyl (C=O) groups excluding carboxylic acids is 2. The van der Waals surface area contributed by atoms with E-state index in [4.69, 9.17) is 5.73 Å². The van der Waals surface area contributed by atoms with E-state index in [1.54, 1.807) is 4.90 Å². The van der Waals surface area contributed by atoms with Crippen LogP contribution < -0.4 is 11.1 Å². The lowest BCUT2D eigenvalue weighted by atomic mass is 9.97. The SMILES string of the molecule is NC(=O)CN1CCC[C@H](C(=O)NCc2ccc(C(F)(F)F)cc2F)C1. The van der Waals surface area contributed by atoms with Gasteiger partial charge in [0.2, 0.25) is 11.8 Å². The number of halogens is 4. The lowest BCUT2D eigenvalue weighted by Crippen LogP contribution is -2.45. The molecular weight excluding hydrogens is 342 g/mol. The van der Waals surface area contributed by atoms with Crippen LogP contribution in [0.3, 0.4) is 0 Å². The number of rotatable bonds is 5. The molecule has 0 radical (unpaired) electrons. The Bertz CT molecular complexity index is 649. The Kier molecular flexibility index (Phi) is 5.99. The molecule has 9 heteroatoms. The summed E-state index contributed by atoms with van der Waals surface area (Å²) in [6.07, 6.45) is -3.27. The maximum atomic E-state index is 13.8. The van der Waals surface area contributed by atoms with Crippen LogP contribution in [-0.2, 0) is 22.3 Å². The summed E-state index contributed by atoms with van der Waals surface area (Å²) in [6, 6.07) is 2.20. The molecule has 0 saturated carbocycles. The molecule has 0 spiro atoms. The Labute approximate surface area is 142 Å². The van der Waals surface area contributed by atoms with E-state index in [0.717, 1.165) is 18.6 Å². The van der Waals surface area contributed by atoms with Crippen LogP contribution in [0.5, 0.6) is 0 Å². The number of piperidine rings is 1. The molecule has 1 atom stereocenters. The summed E-state index contributed by atoms with van der Waals surface area (Å²) < 4.78 is 51.3. The van der Waals surface area contributed by atoms with E-state index in [1.807, 2.05) is 0 Å². The number of likely N-dealkylation sites (tertiary alicyclic amines) is 1. The zero-order valence-electron chi connectivity index (χ0n) is 13.4. The molecule has 138 valence electrons. The third kappa shape index (κ3) is 5.42. The number of hydrogen-bond donors (Lipinski definition) is 2. The Morgan fingerprint density at radius 3 is 2.64 bits per heavy atom. The van der Waals surface area contributed by atoms with E-state index in [-0.39, 0.29) is 30.5 Å². The van der Waals surface area contributed by atoms with Crippen LogP contribution in [0, 0.1) is 11.7 Å². The summed E-state index contributed by atoms with van der Waals surface area (Å²) in [4.78, 5) is 24.9. The first-order valence-electron chi connectivity index (χ1n) is 7.81. The lowest BCUT2D eigenvalue weighted by molar-refractivity contribution is -0.137. The zero-order chi connectivity index (χ0) is 18.6. The molecule has 5 nitrogen and oxygen atoms in total. The molecule has 2 amide bonds. The maximum absolute atomic E-state index is 13.8. The number of carbonyl (C=O) groups is 2. The Morgan fingerprint density at radius 1 is 1.32 bits per heavy atom. The van der Waals surface area contributed by atoms with Gasteiger partial charge in [-0.15, -0.1) is 0 Å². The van der Waals surface area contributed by atoms with Crippen molar-refractivity contribution in [1.29, 1.82) is 0 Å². The predicted molar refractivity (Wildman–Crippen MR) is 81.6 cm³/mol. The molecule has 0 bridgehead atoms. The summed E-state index contributed by atoms with van der Waals surface area (Å²) in [7, 11) is 0. The van der Waals surface area contributed by atoms with Gasteiger partial charge in [-0.25, -0.2) is 4.39 Å². The molecule has 1 fully saturated rings. The fourth-order valence-corrected chi connectivity index (χ4v) is 2.83. The molecule has 1 saturated heterocycles. The van der Waals surface area contributed by atoms with Gasteiger partial charge in [0.05, 0.1) is 18.0 Å². The van der Waals surface area contributed by atoms with E-state index in [0.29, 0.717) is 25.6 Å². The highest BCUT2D eigenvalue weighted by Gasteiger charge is 2.31. The van der Waals surface area contributed by atoms with Crippen molar-refractivity contribution in [1.82, 2.24) is 10.2 Å². The predicted octanol–water partition coefficient (Wildman–Crippen LogP) is 1.66. The molecule has 1 aliphatic heterocycles. The Hall–Kier alpha value is -2.16. The molecule has 0 unspecified atom stereocenters. The van der Waals surface area contributed by atoms with Crippen LogP contribution in [0.4, 0.5) is 17.6 Å². The second kappa shape index (κ2) is 7.81. The van der Waals surface area contributed by atoms with Gasteiger partial charge in [0.25, 0.3) is 0 Å². The zero-order valence-corrected chi connectivity index (χ0v) is 13.4. The normalized spacial score (nSPS) is 18.8. The van der Waals surface area contributed by atoms with Crippen molar-refractivity contribution in [2.75, 3.05) is 19.6 Å². The molecule has 1 aromatic rings. The Morgan fingerprint density at radius 2 is 2.04 bits per heavy atom. The maximum Gasteiger partial charge on any atom is 0.416 e. The number of benzene rings is 1. The third-order valence-corrected chi connectivity index (χ3v) is 4.09. The first-order valence-corrected chi connectivity index (χ1v) is 7.81. The quantitative estimate of drug-likeness (QED) is 0.784. The highest BCUT2D eigenvalue weighted by Crippen LogP contribution is 2.30. The van der Waals surface area contributed by atoms with Crippen LogP contribution in [0.2, 0.25) is 0 Å². The highest BCUT2D eigenvalue weighted by molar-refractivity contribution is 5.79. The van der Waals surface area contributed by atoms with Crippen molar-refractivity contribution in [2.45, 2.75) is 25.6 Å². The molecule has 2 rings (SSSR count). The van der Waals surface area contributed by atoms with Gasteiger partial charge in [0, 0.05) is 18.7 Å². The first-order chi connectivity index (χ1) is 11.7. The van der Waals surface area contributed by atoms with Crippen molar-refractivity contribution >= 4 is 11.8 Å². The molecule has 0 aliphatic carbocycles. The van der Waals surface area contributed by atoms with Crippen molar-refractivity contribution in [2.24, 2.45) is 11.7 Å². The number of hydrogen-bond acceptors (Lipinski definition) is 3. The fraction of sp³-hybridized carbons (Fsp3) is 0.500. The average Bonchev–Trinajstić information content (AvgIpc) is 2.52. The van der Waals surface area contributed by atoms with E-state index in [9.17, 15) is 27.2 Å². The molecule has 1 aromatic carbocycles. The van der Waals surface area contributed by atoms with Crippen LogP contribution in [0.15, 0.2) is 18.2 Å². The monoisotopic (exact) mass is 361 g/mol. The summed E-state index contributed by atoms with van der Waals surface area (Å²) in [5.74, 6) is -2.19. The minimum atomic E-state index is -4.62. The summed E-state index contributed by atoms with van der Waals surface area (Å²) in [6.45, 7) is 0.900. The summed E-state index contributed by atoms with van der Waals surface area (Å²) in [5.41, 5.74) is 4.04. The number of primary amides is 1. The van der Waals surface area contributed by atoms with E-state index in [1.165, 1.54) is 0 Å². The van der Waals surface area contributed by atoms with Crippen LogP contribution in [0.25, 0.3) is 0 Å². The fourth-order valence-electron chi connectivity index (χ4n) is 2.83. The number of nitrogens with one attached hydrogen (secondary N) is 1. The van der Waals surface area contributed by atoms with E-state index >= 15 is 0 Å². The van der Waals surface area contributed by atoms with Crippen LogP contribution >= 0.6 is 0 Å². The largest absolute Gasteiger partial charge is 0.416 e. The summed E-state index contributed by atoms with van der Waals surface area (Å²) >= 11 is 0. The second-order valence-corrected chi connectivity index (χ2v) is 6.06. The van der Waals surface area contributed by atoms with Crippen LogP contribution in [0.1, 0.15) is 24.0 Å².